The number of rotatable bonds is 2. The Morgan fingerprint density at radius 2 is 1.76 bits per heavy atom. The van der Waals surface area contributed by atoms with Crippen molar-refractivity contribution in [2.75, 3.05) is 0 Å². The largest absolute Gasteiger partial charge is 0.324 e. The molecular formula is C19H18FN. The molecule has 1 nitrogen and oxygen atoms in total. The first-order chi connectivity index (χ1) is 10.1. The van der Waals surface area contributed by atoms with Crippen molar-refractivity contribution in [3.8, 4) is 11.1 Å². The topological polar surface area (TPSA) is 26.0 Å². The van der Waals surface area contributed by atoms with E-state index < -0.39 is 0 Å². The van der Waals surface area contributed by atoms with Gasteiger partial charge in [-0.3, -0.25) is 0 Å². The van der Waals surface area contributed by atoms with Gasteiger partial charge in [0.1, 0.15) is 5.82 Å². The fourth-order valence-electron chi connectivity index (χ4n) is 2.88. The molecule has 0 aliphatic carbocycles. The molecule has 0 aromatic heterocycles. The zero-order valence-corrected chi connectivity index (χ0v) is 12.2. The third-order valence-corrected chi connectivity index (χ3v) is 3.91. The van der Waals surface area contributed by atoms with Gasteiger partial charge in [0, 0.05) is 6.04 Å². The van der Waals surface area contributed by atoms with E-state index in [1.807, 2.05) is 19.1 Å². The Morgan fingerprint density at radius 1 is 1.00 bits per heavy atom. The van der Waals surface area contributed by atoms with Crippen molar-refractivity contribution in [2.45, 2.75) is 19.9 Å². The van der Waals surface area contributed by atoms with Crippen molar-refractivity contribution in [3.63, 3.8) is 0 Å². The normalized spacial score (nSPS) is 12.6. The SMILES string of the molecule is Cc1ccc2ccccc2c1-c1cc(F)ccc1C(C)N. The summed E-state index contributed by atoms with van der Waals surface area (Å²) in [6.07, 6.45) is 0. The Bertz CT molecular complexity index is 806. The predicted molar refractivity (Wildman–Crippen MR) is 86.7 cm³/mol. The van der Waals surface area contributed by atoms with Gasteiger partial charge in [-0.1, -0.05) is 42.5 Å². The molecule has 21 heavy (non-hydrogen) atoms. The Balaban J connectivity index is 2.40. The quantitative estimate of drug-likeness (QED) is 0.704. The molecule has 0 amide bonds. The van der Waals surface area contributed by atoms with Crippen LogP contribution < -0.4 is 5.73 Å². The van der Waals surface area contributed by atoms with E-state index in [2.05, 4.69) is 31.2 Å². The average Bonchev–Trinajstić information content (AvgIpc) is 2.46. The highest BCUT2D eigenvalue weighted by Crippen LogP contribution is 2.36. The van der Waals surface area contributed by atoms with Crippen molar-refractivity contribution >= 4 is 10.8 Å². The molecule has 0 saturated carbocycles. The van der Waals surface area contributed by atoms with E-state index >= 15 is 0 Å². The van der Waals surface area contributed by atoms with E-state index in [4.69, 9.17) is 5.73 Å². The maximum absolute atomic E-state index is 13.8. The van der Waals surface area contributed by atoms with Crippen LogP contribution in [0.15, 0.2) is 54.6 Å². The van der Waals surface area contributed by atoms with Crippen LogP contribution in [0.3, 0.4) is 0 Å². The maximum Gasteiger partial charge on any atom is 0.123 e. The van der Waals surface area contributed by atoms with Crippen LogP contribution in [0, 0.1) is 12.7 Å². The molecular weight excluding hydrogens is 261 g/mol. The maximum atomic E-state index is 13.8. The smallest absolute Gasteiger partial charge is 0.123 e. The van der Waals surface area contributed by atoms with Gasteiger partial charge in [-0.15, -0.1) is 0 Å². The lowest BCUT2D eigenvalue weighted by Gasteiger charge is -2.17. The molecule has 0 aliphatic rings. The minimum atomic E-state index is -0.235. The number of aryl methyl sites for hydroxylation is 1. The molecule has 0 aliphatic heterocycles. The monoisotopic (exact) mass is 279 g/mol. The summed E-state index contributed by atoms with van der Waals surface area (Å²) in [6.45, 7) is 3.98. The summed E-state index contributed by atoms with van der Waals surface area (Å²) in [5.74, 6) is -0.235. The van der Waals surface area contributed by atoms with Crippen LogP contribution in [0.25, 0.3) is 21.9 Å². The summed E-state index contributed by atoms with van der Waals surface area (Å²) in [7, 11) is 0. The molecule has 106 valence electrons. The Morgan fingerprint density at radius 3 is 2.52 bits per heavy atom. The molecule has 3 aromatic rings. The second kappa shape index (κ2) is 5.30. The van der Waals surface area contributed by atoms with Crippen LogP contribution in [-0.4, -0.2) is 0 Å². The van der Waals surface area contributed by atoms with Crippen molar-refractivity contribution < 1.29 is 4.39 Å². The van der Waals surface area contributed by atoms with Crippen molar-refractivity contribution in [1.82, 2.24) is 0 Å². The van der Waals surface area contributed by atoms with Crippen LogP contribution in [-0.2, 0) is 0 Å². The Kier molecular flexibility index (Phi) is 3.48. The highest BCUT2D eigenvalue weighted by molar-refractivity contribution is 5.99. The van der Waals surface area contributed by atoms with E-state index in [0.717, 1.165) is 33.0 Å². The molecule has 0 fully saturated rings. The van der Waals surface area contributed by atoms with E-state index in [0.29, 0.717) is 0 Å². The van der Waals surface area contributed by atoms with Gasteiger partial charge in [0.05, 0.1) is 0 Å². The van der Waals surface area contributed by atoms with Gasteiger partial charge in [0.25, 0.3) is 0 Å². The molecule has 0 spiro atoms. The lowest BCUT2D eigenvalue weighted by atomic mass is 9.89. The van der Waals surface area contributed by atoms with Crippen LogP contribution in [0.2, 0.25) is 0 Å². The van der Waals surface area contributed by atoms with E-state index in [9.17, 15) is 4.39 Å². The zero-order valence-electron chi connectivity index (χ0n) is 12.2. The first kappa shape index (κ1) is 13.8. The summed E-state index contributed by atoms with van der Waals surface area (Å²) in [4.78, 5) is 0. The average molecular weight is 279 g/mol. The fourth-order valence-corrected chi connectivity index (χ4v) is 2.88. The predicted octanol–water partition coefficient (Wildman–Crippen LogP) is 4.97. The number of hydrogen-bond donors (Lipinski definition) is 1. The summed E-state index contributed by atoms with van der Waals surface area (Å²) in [5, 5.41) is 2.28. The Labute approximate surface area is 124 Å². The van der Waals surface area contributed by atoms with Crippen molar-refractivity contribution in [3.05, 3.63) is 71.5 Å². The molecule has 0 radical (unpaired) electrons. The molecule has 3 aromatic carbocycles. The number of nitrogens with two attached hydrogens (primary N) is 1. The van der Waals surface area contributed by atoms with Crippen LogP contribution in [0.4, 0.5) is 4.39 Å². The highest BCUT2D eigenvalue weighted by atomic mass is 19.1. The minimum absolute atomic E-state index is 0.140. The minimum Gasteiger partial charge on any atom is -0.324 e. The molecule has 2 N–H and O–H groups in total. The summed E-state index contributed by atoms with van der Waals surface area (Å²) >= 11 is 0. The van der Waals surface area contributed by atoms with Gasteiger partial charge in [-0.2, -0.15) is 0 Å². The number of halogens is 1. The van der Waals surface area contributed by atoms with E-state index in [1.54, 1.807) is 12.1 Å². The zero-order chi connectivity index (χ0) is 15.0. The van der Waals surface area contributed by atoms with Crippen LogP contribution in [0.1, 0.15) is 24.1 Å². The molecule has 2 heteroatoms. The lowest BCUT2D eigenvalue weighted by Crippen LogP contribution is -2.07. The standard InChI is InChI=1S/C19H18FN/c1-12-7-8-14-5-3-4-6-17(14)19(12)18-11-15(20)9-10-16(18)13(2)21/h3-11,13H,21H2,1-2H3. The molecule has 0 bridgehead atoms. The highest BCUT2D eigenvalue weighted by Gasteiger charge is 2.14. The molecule has 0 heterocycles. The summed E-state index contributed by atoms with van der Waals surface area (Å²) in [5.41, 5.74) is 10.1. The third-order valence-electron chi connectivity index (χ3n) is 3.91. The summed E-state index contributed by atoms with van der Waals surface area (Å²) < 4.78 is 13.8. The molecule has 0 saturated heterocycles. The third kappa shape index (κ3) is 2.43. The lowest BCUT2D eigenvalue weighted by molar-refractivity contribution is 0.626. The fraction of sp³-hybridized carbons (Fsp3) is 0.158. The van der Waals surface area contributed by atoms with Crippen molar-refractivity contribution in [1.29, 1.82) is 0 Å². The van der Waals surface area contributed by atoms with Gasteiger partial charge >= 0.3 is 0 Å². The molecule has 1 atom stereocenters. The first-order valence-corrected chi connectivity index (χ1v) is 7.11. The van der Waals surface area contributed by atoms with E-state index in [1.165, 1.54) is 6.07 Å². The van der Waals surface area contributed by atoms with Crippen molar-refractivity contribution in [2.24, 2.45) is 5.73 Å². The summed E-state index contributed by atoms with van der Waals surface area (Å²) in [6, 6.07) is 17.1. The number of hydrogen-bond acceptors (Lipinski definition) is 1. The van der Waals surface area contributed by atoms with Crippen LogP contribution in [0.5, 0.6) is 0 Å². The Hall–Kier alpha value is -2.19. The first-order valence-electron chi connectivity index (χ1n) is 7.11. The van der Waals surface area contributed by atoms with E-state index in [-0.39, 0.29) is 11.9 Å². The second-order valence-corrected chi connectivity index (χ2v) is 5.50. The number of fused-ring (bicyclic) bond motifs is 1. The van der Waals surface area contributed by atoms with Gasteiger partial charge in [0.2, 0.25) is 0 Å². The molecule has 3 rings (SSSR count). The van der Waals surface area contributed by atoms with Crippen LogP contribution >= 0.6 is 0 Å². The van der Waals surface area contributed by atoms with Gasteiger partial charge in [0.15, 0.2) is 0 Å². The van der Waals surface area contributed by atoms with Gasteiger partial charge < -0.3 is 5.73 Å². The second-order valence-electron chi connectivity index (χ2n) is 5.50. The van der Waals surface area contributed by atoms with Gasteiger partial charge in [-0.25, -0.2) is 4.39 Å². The molecule has 1 unspecified atom stereocenters. The number of benzene rings is 3. The van der Waals surface area contributed by atoms with Gasteiger partial charge in [-0.05, 0) is 59.0 Å².